The highest BCUT2D eigenvalue weighted by molar-refractivity contribution is 5.85. The van der Waals surface area contributed by atoms with Crippen LogP contribution in [0.3, 0.4) is 0 Å². The summed E-state index contributed by atoms with van der Waals surface area (Å²) in [5.41, 5.74) is 1.19. The molecule has 1 heterocycles. The highest BCUT2D eigenvalue weighted by Gasteiger charge is 2.00. The van der Waals surface area contributed by atoms with Gasteiger partial charge in [-0.2, -0.15) is 0 Å². The van der Waals surface area contributed by atoms with Crippen LogP contribution < -0.4 is 15.4 Å². The number of hydrogen-bond acceptors (Lipinski definition) is 5. The van der Waals surface area contributed by atoms with Gasteiger partial charge in [0.1, 0.15) is 5.75 Å². The lowest BCUT2D eigenvalue weighted by atomic mass is 10.2. The van der Waals surface area contributed by atoms with Gasteiger partial charge in [0, 0.05) is 18.9 Å². The van der Waals surface area contributed by atoms with Crippen molar-refractivity contribution in [3.63, 3.8) is 0 Å². The summed E-state index contributed by atoms with van der Waals surface area (Å²) in [6, 6.07) is 10.1. The molecule has 1 aromatic carbocycles. The molecule has 0 aliphatic heterocycles. The predicted octanol–water partition coefficient (Wildman–Crippen LogP) is 3.20. The van der Waals surface area contributed by atoms with E-state index in [2.05, 4.69) is 33.6 Å². The molecule has 0 spiro atoms. The Morgan fingerprint density at radius 1 is 1.00 bits per heavy atom. The summed E-state index contributed by atoms with van der Waals surface area (Å²) in [5.74, 6) is 0.758. The maximum absolute atomic E-state index is 5.62. The van der Waals surface area contributed by atoms with E-state index in [1.54, 1.807) is 18.5 Å². The second-order valence-corrected chi connectivity index (χ2v) is 4.66. The Kier molecular flexibility index (Phi) is 12.3. The Morgan fingerprint density at radius 3 is 2.48 bits per heavy atom. The Hall–Kier alpha value is -1.40. The molecule has 0 atom stereocenters. The van der Waals surface area contributed by atoms with Gasteiger partial charge in [0.15, 0.2) is 0 Å². The lowest BCUT2D eigenvalue weighted by Gasteiger charge is -2.07. The van der Waals surface area contributed by atoms with Crippen molar-refractivity contribution in [1.82, 2.24) is 20.6 Å². The van der Waals surface area contributed by atoms with Crippen LogP contribution in [0, 0.1) is 0 Å². The molecule has 7 heteroatoms. The van der Waals surface area contributed by atoms with Crippen LogP contribution in [0.2, 0.25) is 0 Å². The van der Waals surface area contributed by atoms with E-state index in [-0.39, 0.29) is 24.8 Å². The van der Waals surface area contributed by atoms with Gasteiger partial charge >= 0.3 is 6.01 Å². The summed E-state index contributed by atoms with van der Waals surface area (Å²) in [7, 11) is 0. The Bertz CT molecular complexity index is 528. The fraction of sp³-hybridized carbons (Fsp3) is 0.375. The summed E-state index contributed by atoms with van der Waals surface area (Å²) in [4.78, 5) is 8.10. The van der Waals surface area contributed by atoms with E-state index in [1.165, 1.54) is 5.56 Å². The SMILES string of the molecule is CCNCCCNCc1cccc(Oc2ncccn2)c1.Cl.Cl. The first-order valence-corrected chi connectivity index (χ1v) is 7.33. The molecule has 1 aromatic heterocycles. The van der Waals surface area contributed by atoms with Crippen LogP contribution in [0.4, 0.5) is 0 Å². The molecule has 128 valence electrons. The molecule has 23 heavy (non-hydrogen) atoms. The molecule has 0 saturated heterocycles. The van der Waals surface area contributed by atoms with Crippen LogP contribution in [-0.2, 0) is 6.54 Å². The van der Waals surface area contributed by atoms with Crippen molar-refractivity contribution in [3.8, 4) is 11.8 Å². The summed E-state index contributed by atoms with van der Waals surface area (Å²) in [6.07, 6.45) is 4.46. The molecule has 0 radical (unpaired) electrons. The molecule has 2 N–H and O–H groups in total. The molecular formula is C16H24Cl2N4O. The smallest absolute Gasteiger partial charge is 0.321 e. The van der Waals surface area contributed by atoms with E-state index in [0.29, 0.717) is 6.01 Å². The van der Waals surface area contributed by atoms with Gasteiger partial charge in [0.2, 0.25) is 0 Å². The van der Waals surface area contributed by atoms with Crippen LogP contribution in [0.25, 0.3) is 0 Å². The van der Waals surface area contributed by atoms with Crippen LogP contribution in [-0.4, -0.2) is 29.6 Å². The third kappa shape index (κ3) is 8.71. The number of nitrogens with one attached hydrogen (secondary N) is 2. The van der Waals surface area contributed by atoms with Crippen molar-refractivity contribution in [2.24, 2.45) is 0 Å². The van der Waals surface area contributed by atoms with Gasteiger partial charge in [0.05, 0.1) is 0 Å². The first-order valence-electron chi connectivity index (χ1n) is 7.33. The first-order chi connectivity index (χ1) is 10.4. The van der Waals surface area contributed by atoms with Crippen molar-refractivity contribution in [1.29, 1.82) is 0 Å². The molecule has 0 fully saturated rings. The first kappa shape index (κ1) is 21.6. The normalized spacial score (nSPS) is 9.61. The highest BCUT2D eigenvalue weighted by Crippen LogP contribution is 2.18. The standard InChI is InChI=1S/C16H22N4O.2ClH/c1-2-17-8-4-9-18-13-14-6-3-7-15(12-14)21-16-19-10-5-11-20-16;;/h3,5-7,10-12,17-18H,2,4,8-9,13H2,1H3;2*1H. The molecule has 0 unspecified atom stereocenters. The minimum Gasteiger partial charge on any atom is -0.424 e. The topological polar surface area (TPSA) is 59.1 Å². The van der Waals surface area contributed by atoms with Gasteiger partial charge in [-0.05, 0) is 49.8 Å². The van der Waals surface area contributed by atoms with E-state index < -0.39 is 0 Å². The van der Waals surface area contributed by atoms with Gasteiger partial charge in [0.25, 0.3) is 0 Å². The molecule has 2 aromatic rings. The number of benzene rings is 1. The van der Waals surface area contributed by atoms with Gasteiger partial charge in [-0.25, -0.2) is 9.97 Å². The van der Waals surface area contributed by atoms with Crippen LogP contribution in [0.15, 0.2) is 42.7 Å². The molecule has 0 bridgehead atoms. The number of hydrogen-bond donors (Lipinski definition) is 2. The minimum absolute atomic E-state index is 0. The van der Waals surface area contributed by atoms with Crippen molar-refractivity contribution in [3.05, 3.63) is 48.3 Å². The van der Waals surface area contributed by atoms with Crippen LogP contribution >= 0.6 is 24.8 Å². The van der Waals surface area contributed by atoms with Gasteiger partial charge < -0.3 is 15.4 Å². The number of rotatable bonds is 9. The molecule has 5 nitrogen and oxygen atoms in total. The summed E-state index contributed by atoms with van der Waals surface area (Å²) in [6.45, 7) is 6.03. The number of nitrogens with zero attached hydrogens (tertiary/aromatic N) is 2. The van der Waals surface area contributed by atoms with Gasteiger partial charge in [-0.3, -0.25) is 0 Å². The number of aromatic nitrogens is 2. The molecule has 0 aliphatic rings. The summed E-state index contributed by atoms with van der Waals surface area (Å²) in [5, 5.41) is 6.73. The average molecular weight is 359 g/mol. The molecular weight excluding hydrogens is 335 g/mol. The quantitative estimate of drug-likeness (QED) is 0.674. The zero-order chi connectivity index (χ0) is 14.8. The molecule has 2 rings (SSSR count). The molecule has 0 aliphatic carbocycles. The average Bonchev–Trinajstić information content (AvgIpc) is 2.52. The third-order valence-corrected chi connectivity index (χ3v) is 2.94. The van der Waals surface area contributed by atoms with E-state index in [0.717, 1.165) is 38.3 Å². The predicted molar refractivity (Wildman–Crippen MR) is 97.9 cm³/mol. The zero-order valence-electron chi connectivity index (χ0n) is 13.2. The summed E-state index contributed by atoms with van der Waals surface area (Å²) < 4.78 is 5.62. The highest BCUT2D eigenvalue weighted by atomic mass is 35.5. The van der Waals surface area contributed by atoms with Crippen LogP contribution in [0.5, 0.6) is 11.8 Å². The lowest BCUT2D eigenvalue weighted by Crippen LogP contribution is -2.21. The van der Waals surface area contributed by atoms with E-state index in [9.17, 15) is 0 Å². The minimum atomic E-state index is 0. The lowest BCUT2D eigenvalue weighted by molar-refractivity contribution is 0.441. The fourth-order valence-corrected chi connectivity index (χ4v) is 1.91. The van der Waals surface area contributed by atoms with Crippen molar-refractivity contribution < 1.29 is 4.74 Å². The Balaban J connectivity index is 0.00000242. The second-order valence-electron chi connectivity index (χ2n) is 4.66. The van der Waals surface area contributed by atoms with Crippen molar-refractivity contribution in [2.75, 3.05) is 19.6 Å². The third-order valence-electron chi connectivity index (χ3n) is 2.94. The molecule has 0 amide bonds. The van der Waals surface area contributed by atoms with Gasteiger partial charge in [-0.15, -0.1) is 24.8 Å². The maximum Gasteiger partial charge on any atom is 0.321 e. The fourth-order valence-electron chi connectivity index (χ4n) is 1.91. The van der Waals surface area contributed by atoms with E-state index >= 15 is 0 Å². The monoisotopic (exact) mass is 358 g/mol. The number of ether oxygens (including phenoxy) is 1. The van der Waals surface area contributed by atoms with Crippen molar-refractivity contribution in [2.45, 2.75) is 19.9 Å². The Labute approximate surface area is 150 Å². The zero-order valence-corrected chi connectivity index (χ0v) is 14.8. The van der Waals surface area contributed by atoms with Crippen LogP contribution in [0.1, 0.15) is 18.9 Å². The molecule has 0 saturated carbocycles. The second kappa shape index (κ2) is 13.1. The van der Waals surface area contributed by atoms with Gasteiger partial charge in [-0.1, -0.05) is 19.1 Å². The summed E-state index contributed by atoms with van der Waals surface area (Å²) >= 11 is 0. The largest absolute Gasteiger partial charge is 0.424 e. The maximum atomic E-state index is 5.62. The van der Waals surface area contributed by atoms with Crippen molar-refractivity contribution >= 4 is 24.8 Å². The Morgan fingerprint density at radius 2 is 1.74 bits per heavy atom. The van der Waals surface area contributed by atoms with E-state index in [4.69, 9.17) is 4.74 Å². The number of halogens is 2. The van der Waals surface area contributed by atoms with E-state index in [1.807, 2.05) is 18.2 Å².